The van der Waals surface area contributed by atoms with Gasteiger partial charge < -0.3 is 10.1 Å². The van der Waals surface area contributed by atoms with E-state index in [-0.39, 0.29) is 5.41 Å². The summed E-state index contributed by atoms with van der Waals surface area (Å²) in [7, 11) is 1.77. The molecule has 1 fully saturated rings. The third-order valence-corrected chi connectivity index (χ3v) is 4.00. The normalized spacial score (nSPS) is 26.4. The highest BCUT2D eigenvalue weighted by Crippen LogP contribution is 2.43. The smallest absolute Gasteiger partial charge is 0.131 e. The number of aryl methyl sites for hydroxylation is 1. The number of hydrogen-bond donors (Lipinski definition) is 1. The third kappa shape index (κ3) is 2.45. The van der Waals surface area contributed by atoms with Crippen LogP contribution in [0.4, 0.5) is 5.82 Å². The van der Waals surface area contributed by atoms with Crippen LogP contribution in [0, 0.1) is 12.3 Å². The fourth-order valence-electron chi connectivity index (χ4n) is 2.31. The van der Waals surface area contributed by atoms with Crippen molar-refractivity contribution < 1.29 is 4.74 Å². The van der Waals surface area contributed by atoms with Crippen molar-refractivity contribution in [2.75, 3.05) is 12.4 Å². The first kappa shape index (κ1) is 12.8. The van der Waals surface area contributed by atoms with Gasteiger partial charge in [0.25, 0.3) is 0 Å². The van der Waals surface area contributed by atoms with E-state index in [1.165, 1.54) is 0 Å². The van der Waals surface area contributed by atoms with E-state index in [4.69, 9.17) is 4.74 Å². The maximum atomic E-state index is 5.43. The van der Waals surface area contributed by atoms with E-state index in [2.05, 4.69) is 45.1 Å². The summed E-state index contributed by atoms with van der Waals surface area (Å²) in [5, 5.41) is 3.45. The second kappa shape index (κ2) is 4.53. The number of anilines is 1. The van der Waals surface area contributed by atoms with Gasteiger partial charge in [0.1, 0.15) is 16.2 Å². The van der Waals surface area contributed by atoms with E-state index in [0.717, 1.165) is 22.7 Å². The predicted octanol–water partition coefficient (Wildman–Crippen LogP) is 2.77. The van der Waals surface area contributed by atoms with E-state index in [9.17, 15) is 0 Å². The molecule has 1 N–H and O–H groups in total. The number of hydrogen-bond acceptors (Lipinski definition) is 4. The largest absolute Gasteiger partial charge is 0.381 e. The topological polar surface area (TPSA) is 47.0 Å². The second-order valence-corrected chi connectivity index (χ2v) is 5.91. The fraction of sp³-hybridized carbons (Fsp3) is 0.667. The first-order valence-electron chi connectivity index (χ1n) is 5.74. The van der Waals surface area contributed by atoms with Gasteiger partial charge in [0.15, 0.2) is 0 Å². The van der Waals surface area contributed by atoms with E-state index in [0.29, 0.717) is 12.1 Å². The minimum Gasteiger partial charge on any atom is -0.381 e. The average Bonchev–Trinajstić information content (AvgIpc) is 2.22. The Morgan fingerprint density at radius 1 is 1.47 bits per heavy atom. The third-order valence-electron chi connectivity index (χ3n) is 3.59. The average molecular weight is 300 g/mol. The van der Waals surface area contributed by atoms with Crippen LogP contribution in [-0.2, 0) is 4.74 Å². The van der Waals surface area contributed by atoms with Gasteiger partial charge in [0.05, 0.1) is 6.10 Å². The number of nitrogens with one attached hydrogen (secondary N) is 1. The zero-order valence-electron chi connectivity index (χ0n) is 10.6. The molecule has 0 spiro atoms. The zero-order valence-corrected chi connectivity index (χ0v) is 12.2. The highest BCUT2D eigenvalue weighted by atomic mass is 79.9. The molecule has 0 saturated heterocycles. The van der Waals surface area contributed by atoms with Crippen molar-refractivity contribution in [3.05, 3.63) is 16.5 Å². The Morgan fingerprint density at radius 3 is 2.71 bits per heavy atom. The summed E-state index contributed by atoms with van der Waals surface area (Å²) in [6, 6.07) is 2.30. The highest BCUT2D eigenvalue weighted by molar-refractivity contribution is 9.10. The Labute approximate surface area is 110 Å². The van der Waals surface area contributed by atoms with Crippen molar-refractivity contribution in [1.82, 2.24) is 9.97 Å². The molecule has 0 aromatic carbocycles. The molecule has 1 saturated carbocycles. The molecular weight excluding hydrogens is 282 g/mol. The van der Waals surface area contributed by atoms with Gasteiger partial charge in [0, 0.05) is 24.6 Å². The van der Waals surface area contributed by atoms with Gasteiger partial charge in [-0.15, -0.1) is 0 Å². The molecule has 1 aliphatic carbocycles. The summed E-state index contributed by atoms with van der Waals surface area (Å²) < 4.78 is 6.25. The first-order chi connectivity index (χ1) is 7.93. The molecule has 1 aromatic rings. The molecule has 1 aliphatic rings. The van der Waals surface area contributed by atoms with Crippen molar-refractivity contribution in [2.45, 2.75) is 39.3 Å². The summed E-state index contributed by atoms with van der Waals surface area (Å²) >= 11 is 3.38. The SMILES string of the molecule is COC1CC(Nc2cc(Br)nc(C)n2)C1(C)C. The van der Waals surface area contributed by atoms with Crippen LogP contribution in [0.15, 0.2) is 10.7 Å². The fourth-order valence-corrected chi connectivity index (χ4v) is 2.79. The van der Waals surface area contributed by atoms with Gasteiger partial charge >= 0.3 is 0 Å². The van der Waals surface area contributed by atoms with Crippen molar-refractivity contribution in [3.8, 4) is 0 Å². The van der Waals surface area contributed by atoms with Crippen molar-refractivity contribution >= 4 is 21.7 Å². The number of halogens is 1. The Balaban J connectivity index is 2.08. The maximum Gasteiger partial charge on any atom is 0.131 e. The van der Waals surface area contributed by atoms with Crippen LogP contribution in [0.2, 0.25) is 0 Å². The molecular formula is C12H18BrN3O. The summed E-state index contributed by atoms with van der Waals surface area (Å²) in [5.41, 5.74) is 0.139. The molecule has 0 radical (unpaired) electrons. The molecule has 4 nitrogen and oxygen atoms in total. The second-order valence-electron chi connectivity index (χ2n) is 5.10. The lowest BCUT2D eigenvalue weighted by atomic mass is 9.64. The first-order valence-corrected chi connectivity index (χ1v) is 6.53. The quantitative estimate of drug-likeness (QED) is 0.872. The van der Waals surface area contributed by atoms with Gasteiger partial charge in [-0.1, -0.05) is 13.8 Å². The molecule has 0 bridgehead atoms. The molecule has 94 valence electrons. The molecule has 1 aromatic heterocycles. The van der Waals surface area contributed by atoms with E-state index in [1.807, 2.05) is 13.0 Å². The van der Waals surface area contributed by atoms with Crippen LogP contribution >= 0.6 is 15.9 Å². The van der Waals surface area contributed by atoms with E-state index >= 15 is 0 Å². The van der Waals surface area contributed by atoms with Gasteiger partial charge in [0.2, 0.25) is 0 Å². The maximum absolute atomic E-state index is 5.43. The minimum absolute atomic E-state index is 0.139. The lowest BCUT2D eigenvalue weighted by Gasteiger charge is -2.51. The standard InChI is InChI=1S/C12H18BrN3O/c1-7-14-10(13)6-11(15-7)16-8-5-9(17-4)12(8,2)3/h6,8-9H,5H2,1-4H3,(H,14,15,16). The Bertz CT molecular complexity index is 402. The Morgan fingerprint density at radius 2 is 2.18 bits per heavy atom. The van der Waals surface area contributed by atoms with Crippen molar-refractivity contribution in [3.63, 3.8) is 0 Å². The summed E-state index contributed by atoms with van der Waals surface area (Å²) in [5.74, 6) is 1.64. The van der Waals surface area contributed by atoms with Gasteiger partial charge in [-0.2, -0.15) is 0 Å². The summed E-state index contributed by atoms with van der Waals surface area (Å²) in [6.07, 6.45) is 1.34. The lowest BCUT2D eigenvalue weighted by Crippen LogP contribution is -2.57. The monoisotopic (exact) mass is 299 g/mol. The summed E-state index contributed by atoms with van der Waals surface area (Å²) in [4.78, 5) is 8.57. The van der Waals surface area contributed by atoms with Crippen LogP contribution in [0.1, 0.15) is 26.1 Å². The molecule has 0 aliphatic heterocycles. The van der Waals surface area contributed by atoms with Gasteiger partial charge in [-0.3, -0.25) is 0 Å². The number of methoxy groups -OCH3 is 1. The Kier molecular flexibility index (Phi) is 3.41. The highest BCUT2D eigenvalue weighted by Gasteiger charge is 2.48. The van der Waals surface area contributed by atoms with Crippen molar-refractivity contribution in [1.29, 1.82) is 0 Å². The molecule has 0 amide bonds. The Hall–Kier alpha value is -0.680. The molecule has 2 atom stereocenters. The lowest BCUT2D eigenvalue weighted by molar-refractivity contribution is -0.0795. The van der Waals surface area contributed by atoms with Crippen molar-refractivity contribution in [2.24, 2.45) is 5.41 Å². The number of ether oxygens (including phenoxy) is 1. The van der Waals surface area contributed by atoms with E-state index < -0.39 is 0 Å². The molecule has 2 rings (SSSR count). The molecule has 1 heterocycles. The van der Waals surface area contributed by atoms with Crippen LogP contribution < -0.4 is 5.32 Å². The molecule has 5 heteroatoms. The van der Waals surface area contributed by atoms with E-state index in [1.54, 1.807) is 7.11 Å². The van der Waals surface area contributed by atoms with Crippen LogP contribution in [-0.4, -0.2) is 29.2 Å². The van der Waals surface area contributed by atoms with Crippen LogP contribution in [0.5, 0.6) is 0 Å². The van der Waals surface area contributed by atoms with Gasteiger partial charge in [-0.25, -0.2) is 9.97 Å². The van der Waals surface area contributed by atoms with Crippen LogP contribution in [0.25, 0.3) is 0 Å². The number of nitrogens with zero attached hydrogens (tertiary/aromatic N) is 2. The van der Waals surface area contributed by atoms with Gasteiger partial charge in [-0.05, 0) is 29.3 Å². The number of aromatic nitrogens is 2. The molecule has 17 heavy (non-hydrogen) atoms. The number of rotatable bonds is 3. The summed E-state index contributed by atoms with van der Waals surface area (Å²) in [6.45, 7) is 6.32. The van der Waals surface area contributed by atoms with Crippen LogP contribution in [0.3, 0.4) is 0 Å². The zero-order chi connectivity index (χ0) is 12.6. The molecule has 2 unspecified atom stereocenters. The predicted molar refractivity (Wildman–Crippen MR) is 71.1 cm³/mol. The minimum atomic E-state index is 0.139.